The van der Waals surface area contributed by atoms with Gasteiger partial charge in [-0.1, -0.05) is 29.4 Å². The number of aliphatic hydroxyl groups is 2. The smallest absolute Gasteiger partial charge is 0.159 e. The van der Waals surface area contributed by atoms with E-state index in [0.717, 1.165) is 12.1 Å². The van der Waals surface area contributed by atoms with Crippen LogP contribution in [0.5, 0.6) is 0 Å². The maximum Gasteiger partial charge on any atom is 0.159 e. The van der Waals surface area contributed by atoms with Gasteiger partial charge in [0.2, 0.25) is 0 Å². The minimum absolute atomic E-state index is 0.0606. The summed E-state index contributed by atoms with van der Waals surface area (Å²) in [6, 6.07) is 10.2. The van der Waals surface area contributed by atoms with Crippen LogP contribution in [0, 0.1) is 11.6 Å². The third kappa shape index (κ3) is 4.84. The van der Waals surface area contributed by atoms with Crippen LogP contribution in [-0.4, -0.2) is 28.1 Å². The number of halogens is 2. The molecular formula is C18H19F2NO3. The van der Waals surface area contributed by atoms with Gasteiger partial charge in [0.15, 0.2) is 11.6 Å². The van der Waals surface area contributed by atoms with E-state index >= 15 is 0 Å². The quantitative estimate of drug-likeness (QED) is 0.630. The molecule has 24 heavy (non-hydrogen) atoms. The third-order valence-corrected chi connectivity index (χ3v) is 3.18. The maximum atomic E-state index is 13.5. The van der Waals surface area contributed by atoms with Gasteiger partial charge in [-0.15, -0.1) is 0 Å². The van der Waals surface area contributed by atoms with Crippen molar-refractivity contribution < 1.29 is 23.8 Å². The average Bonchev–Trinajstić information content (AvgIpc) is 2.54. The first-order chi connectivity index (χ1) is 11.3. The van der Waals surface area contributed by atoms with Gasteiger partial charge in [0.1, 0.15) is 12.3 Å². The number of rotatable bonds is 6. The lowest BCUT2D eigenvalue weighted by Gasteiger charge is -2.15. The number of benzene rings is 2. The Morgan fingerprint density at radius 1 is 1.04 bits per heavy atom. The van der Waals surface area contributed by atoms with Crippen molar-refractivity contribution in [2.45, 2.75) is 26.1 Å². The van der Waals surface area contributed by atoms with E-state index in [1.54, 1.807) is 38.1 Å². The molecule has 0 bridgehead atoms. The van der Waals surface area contributed by atoms with Gasteiger partial charge in [-0.3, -0.25) is 0 Å². The summed E-state index contributed by atoms with van der Waals surface area (Å²) in [5.74, 6) is -1.94. The zero-order chi connectivity index (χ0) is 17.7. The third-order valence-electron chi connectivity index (χ3n) is 3.18. The summed E-state index contributed by atoms with van der Waals surface area (Å²) >= 11 is 0. The van der Waals surface area contributed by atoms with Crippen LogP contribution in [-0.2, 0) is 11.4 Å². The summed E-state index contributed by atoms with van der Waals surface area (Å²) in [4.78, 5) is 5.17. The van der Waals surface area contributed by atoms with Crippen molar-refractivity contribution in [1.82, 2.24) is 0 Å². The predicted octanol–water partition coefficient (Wildman–Crippen LogP) is 3.00. The second-order valence-electron chi connectivity index (χ2n) is 6.01. The standard InChI is InChI=1S/C18H19F2NO3/c1-18(2,23)11-24-21-17(13-5-3-12(10-22)4-6-13)14-7-8-15(19)16(20)9-14/h3-9,22-23H,10-11H2,1-2H3/b21-17-. The molecule has 0 heterocycles. The van der Waals surface area contributed by atoms with E-state index < -0.39 is 17.2 Å². The average molecular weight is 335 g/mol. The molecule has 0 fully saturated rings. The second-order valence-corrected chi connectivity index (χ2v) is 6.01. The van der Waals surface area contributed by atoms with Crippen LogP contribution in [0.25, 0.3) is 0 Å². The molecule has 128 valence electrons. The molecule has 0 saturated carbocycles. The molecule has 2 aromatic rings. The zero-order valence-corrected chi connectivity index (χ0v) is 13.5. The Hall–Kier alpha value is -2.31. The maximum absolute atomic E-state index is 13.5. The minimum atomic E-state index is -1.08. The lowest BCUT2D eigenvalue weighted by molar-refractivity contribution is -0.0189. The molecule has 0 radical (unpaired) electrons. The van der Waals surface area contributed by atoms with Gasteiger partial charge in [-0.2, -0.15) is 0 Å². The molecule has 2 N–H and O–H groups in total. The van der Waals surface area contributed by atoms with E-state index in [-0.39, 0.29) is 13.2 Å². The lowest BCUT2D eigenvalue weighted by Crippen LogP contribution is -2.25. The molecule has 0 aromatic heterocycles. The molecule has 0 saturated heterocycles. The molecule has 0 atom stereocenters. The SMILES string of the molecule is CC(C)(O)CO/N=C(/c1ccc(CO)cc1)c1ccc(F)c(F)c1. The van der Waals surface area contributed by atoms with Crippen LogP contribution in [0.2, 0.25) is 0 Å². The van der Waals surface area contributed by atoms with Crippen LogP contribution in [0.1, 0.15) is 30.5 Å². The minimum Gasteiger partial charge on any atom is -0.392 e. The van der Waals surface area contributed by atoms with Crippen molar-refractivity contribution in [3.05, 3.63) is 70.8 Å². The molecule has 0 aliphatic rings. The van der Waals surface area contributed by atoms with Gasteiger partial charge in [0.05, 0.1) is 12.2 Å². The van der Waals surface area contributed by atoms with Crippen molar-refractivity contribution in [3.63, 3.8) is 0 Å². The number of hydrogen-bond donors (Lipinski definition) is 2. The van der Waals surface area contributed by atoms with Crippen molar-refractivity contribution >= 4 is 5.71 Å². The fourth-order valence-corrected chi connectivity index (χ4v) is 1.94. The molecule has 0 spiro atoms. The summed E-state index contributed by atoms with van der Waals surface area (Å²) in [6.07, 6.45) is 0. The van der Waals surface area contributed by atoms with Gasteiger partial charge < -0.3 is 15.1 Å². The van der Waals surface area contributed by atoms with Crippen molar-refractivity contribution in [2.75, 3.05) is 6.61 Å². The molecular weight excluding hydrogens is 316 g/mol. The Morgan fingerprint density at radius 3 is 2.21 bits per heavy atom. The highest BCUT2D eigenvalue weighted by molar-refractivity contribution is 6.12. The first-order valence-corrected chi connectivity index (χ1v) is 7.38. The molecule has 0 aliphatic heterocycles. The molecule has 4 nitrogen and oxygen atoms in total. The number of hydrogen-bond acceptors (Lipinski definition) is 4. The number of aliphatic hydroxyl groups excluding tert-OH is 1. The van der Waals surface area contributed by atoms with E-state index in [0.29, 0.717) is 22.4 Å². The van der Waals surface area contributed by atoms with E-state index in [1.807, 2.05) is 0 Å². The Bertz CT molecular complexity index is 722. The second kappa shape index (κ2) is 7.51. The molecule has 0 unspecified atom stereocenters. The van der Waals surface area contributed by atoms with Crippen molar-refractivity contribution in [3.8, 4) is 0 Å². The topological polar surface area (TPSA) is 62.0 Å². The van der Waals surface area contributed by atoms with Crippen LogP contribution in [0.3, 0.4) is 0 Å². The van der Waals surface area contributed by atoms with E-state index in [4.69, 9.17) is 9.94 Å². The zero-order valence-electron chi connectivity index (χ0n) is 13.5. The largest absolute Gasteiger partial charge is 0.392 e. The fourth-order valence-electron chi connectivity index (χ4n) is 1.94. The molecule has 2 rings (SSSR count). The Balaban J connectivity index is 2.39. The first-order valence-electron chi connectivity index (χ1n) is 7.38. The Morgan fingerprint density at radius 2 is 1.67 bits per heavy atom. The van der Waals surface area contributed by atoms with Gasteiger partial charge in [-0.25, -0.2) is 8.78 Å². The van der Waals surface area contributed by atoms with Crippen LogP contribution < -0.4 is 0 Å². The number of oxime groups is 1. The van der Waals surface area contributed by atoms with Gasteiger partial charge in [0, 0.05) is 11.1 Å². The summed E-state index contributed by atoms with van der Waals surface area (Å²) in [5, 5.41) is 22.8. The van der Waals surface area contributed by atoms with Crippen LogP contribution in [0.15, 0.2) is 47.6 Å². The molecule has 0 aliphatic carbocycles. The predicted molar refractivity (Wildman–Crippen MR) is 86.6 cm³/mol. The van der Waals surface area contributed by atoms with Gasteiger partial charge in [0.25, 0.3) is 0 Å². The lowest BCUT2D eigenvalue weighted by atomic mass is 10.0. The normalized spacial score (nSPS) is 12.3. The van der Waals surface area contributed by atoms with E-state index in [9.17, 15) is 13.9 Å². The van der Waals surface area contributed by atoms with E-state index in [2.05, 4.69) is 5.16 Å². The fraction of sp³-hybridized carbons (Fsp3) is 0.278. The highest BCUT2D eigenvalue weighted by atomic mass is 19.2. The monoisotopic (exact) mass is 335 g/mol. The molecule has 2 aromatic carbocycles. The first kappa shape index (κ1) is 18.0. The summed E-state index contributed by atoms with van der Waals surface area (Å²) in [5.41, 5.74) is 0.863. The van der Waals surface area contributed by atoms with Gasteiger partial charge >= 0.3 is 0 Å². The van der Waals surface area contributed by atoms with E-state index in [1.165, 1.54) is 6.07 Å². The summed E-state index contributed by atoms with van der Waals surface area (Å²) in [7, 11) is 0. The molecule has 0 amide bonds. The highest BCUT2D eigenvalue weighted by Gasteiger charge is 2.15. The van der Waals surface area contributed by atoms with Crippen molar-refractivity contribution in [1.29, 1.82) is 0 Å². The Kier molecular flexibility index (Phi) is 5.64. The van der Waals surface area contributed by atoms with Crippen LogP contribution >= 0.6 is 0 Å². The molecule has 6 heteroatoms. The van der Waals surface area contributed by atoms with Crippen molar-refractivity contribution in [2.24, 2.45) is 5.16 Å². The van der Waals surface area contributed by atoms with Gasteiger partial charge in [-0.05, 0) is 37.6 Å². The summed E-state index contributed by atoms with van der Waals surface area (Å²) in [6.45, 7) is 2.97. The summed E-state index contributed by atoms with van der Waals surface area (Å²) < 4.78 is 26.7. The van der Waals surface area contributed by atoms with Crippen LogP contribution in [0.4, 0.5) is 8.78 Å². The number of nitrogens with zero attached hydrogens (tertiary/aromatic N) is 1. The Labute approximate surface area is 139 Å². The highest BCUT2D eigenvalue weighted by Crippen LogP contribution is 2.16.